The van der Waals surface area contributed by atoms with Gasteiger partial charge in [0.05, 0.1) is 5.38 Å². The van der Waals surface area contributed by atoms with Gasteiger partial charge in [-0.2, -0.15) is 0 Å². The van der Waals surface area contributed by atoms with Crippen LogP contribution in [0.25, 0.3) is 0 Å². The molecule has 1 atom stereocenters. The minimum atomic E-state index is 0.130. The molecule has 0 fully saturated rings. The van der Waals surface area contributed by atoms with Gasteiger partial charge < -0.3 is 0 Å². The Morgan fingerprint density at radius 1 is 1.56 bits per heavy atom. The molecular formula is C8H15Cl. The highest BCUT2D eigenvalue weighted by Crippen LogP contribution is 2.23. The van der Waals surface area contributed by atoms with Crippen molar-refractivity contribution in [2.24, 2.45) is 5.41 Å². The Balaban J connectivity index is 3.59. The van der Waals surface area contributed by atoms with Gasteiger partial charge >= 0.3 is 0 Å². The lowest BCUT2D eigenvalue weighted by Crippen LogP contribution is -2.10. The van der Waals surface area contributed by atoms with Crippen molar-refractivity contribution in [1.82, 2.24) is 0 Å². The molecule has 0 N–H and O–H groups in total. The Kier molecular flexibility index (Phi) is 3.27. The molecule has 0 spiro atoms. The third kappa shape index (κ3) is 5.91. The molecule has 0 aliphatic carbocycles. The molecular weight excluding hydrogens is 132 g/mol. The third-order valence-corrected chi connectivity index (χ3v) is 1.40. The van der Waals surface area contributed by atoms with E-state index in [-0.39, 0.29) is 5.38 Å². The monoisotopic (exact) mass is 146 g/mol. The maximum Gasteiger partial charge on any atom is 0.0518 e. The standard InChI is InChI=1S/C8H15Cl/c1-5-7(9)6-8(2,3)4/h5,7H,1,6H2,2-4H3. The second-order valence-corrected chi connectivity index (χ2v) is 4.08. The Labute approximate surface area is 62.9 Å². The lowest BCUT2D eigenvalue weighted by molar-refractivity contribution is 0.384. The van der Waals surface area contributed by atoms with Gasteiger partial charge in [0.2, 0.25) is 0 Å². The molecule has 0 aliphatic heterocycles. The van der Waals surface area contributed by atoms with Gasteiger partial charge in [-0.05, 0) is 11.8 Å². The van der Waals surface area contributed by atoms with Crippen LogP contribution in [0.5, 0.6) is 0 Å². The number of alkyl halides is 1. The van der Waals surface area contributed by atoms with E-state index in [1.165, 1.54) is 0 Å². The largest absolute Gasteiger partial charge is 0.118 e. The van der Waals surface area contributed by atoms with Crippen LogP contribution in [-0.4, -0.2) is 5.38 Å². The van der Waals surface area contributed by atoms with Gasteiger partial charge in [-0.1, -0.05) is 26.8 Å². The first-order valence-corrected chi connectivity index (χ1v) is 3.66. The van der Waals surface area contributed by atoms with Crippen molar-refractivity contribution < 1.29 is 0 Å². The van der Waals surface area contributed by atoms with Gasteiger partial charge in [0.25, 0.3) is 0 Å². The quantitative estimate of drug-likeness (QED) is 0.415. The first kappa shape index (κ1) is 9.03. The fraction of sp³-hybridized carbons (Fsp3) is 0.750. The van der Waals surface area contributed by atoms with Crippen LogP contribution in [0.3, 0.4) is 0 Å². The van der Waals surface area contributed by atoms with E-state index < -0.39 is 0 Å². The second-order valence-electron chi connectivity index (χ2n) is 3.52. The van der Waals surface area contributed by atoms with Crippen LogP contribution in [0.2, 0.25) is 0 Å². The van der Waals surface area contributed by atoms with Crippen molar-refractivity contribution in [3.63, 3.8) is 0 Å². The molecule has 0 saturated heterocycles. The fourth-order valence-electron chi connectivity index (χ4n) is 0.668. The van der Waals surface area contributed by atoms with Gasteiger partial charge in [-0.15, -0.1) is 18.2 Å². The van der Waals surface area contributed by atoms with E-state index >= 15 is 0 Å². The molecule has 54 valence electrons. The van der Waals surface area contributed by atoms with Crippen LogP contribution >= 0.6 is 11.6 Å². The Morgan fingerprint density at radius 2 is 2.00 bits per heavy atom. The molecule has 0 aromatic heterocycles. The summed E-state index contributed by atoms with van der Waals surface area (Å²) in [7, 11) is 0. The molecule has 0 aromatic carbocycles. The summed E-state index contributed by atoms with van der Waals surface area (Å²) in [5, 5.41) is 0.130. The summed E-state index contributed by atoms with van der Waals surface area (Å²) >= 11 is 5.83. The van der Waals surface area contributed by atoms with Crippen LogP contribution < -0.4 is 0 Å². The zero-order valence-corrected chi connectivity index (χ0v) is 7.20. The number of hydrogen-bond acceptors (Lipinski definition) is 0. The highest BCUT2D eigenvalue weighted by atomic mass is 35.5. The van der Waals surface area contributed by atoms with Crippen molar-refractivity contribution in [3.05, 3.63) is 12.7 Å². The van der Waals surface area contributed by atoms with Crippen LogP contribution in [0.15, 0.2) is 12.7 Å². The second kappa shape index (κ2) is 3.26. The summed E-state index contributed by atoms with van der Waals surface area (Å²) in [6.07, 6.45) is 2.78. The number of hydrogen-bond donors (Lipinski definition) is 0. The molecule has 1 unspecified atom stereocenters. The summed E-state index contributed by atoms with van der Waals surface area (Å²) in [6, 6.07) is 0. The first-order valence-electron chi connectivity index (χ1n) is 3.22. The average molecular weight is 147 g/mol. The molecule has 0 nitrogen and oxygen atoms in total. The summed E-state index contributed by atoms with van der Waals surface area (Å²) in [6.45, 7) is 10.1. The van der Waals surface area contributed by atoms with Crippen molar-refractivity contribution >= 4 is 11.6 Å². The number of allylic oxidation sites excluding steroid dienone is 1. The molecule has 0 aliphatic rings. The van der Waals surface area contributed by atoms with Crippen LogP contribution in [0, 0.1) is 5.41 Å². The van der Waals surface area contributed by atoms with Gasteiger partial charge in [-0.25, -0.2) is 0 Å². The van der Waals surface area contributed by atoms with E-state index in [9.17, 15) is 0 Å². The minimum Gasteiger partial charge on any atom is -0.118 e. The smallest absolute Gasteiger partial charge is 0.0518 e. The van der Waals surface area contributed by atoms with Crippen molar-refractivity contribution in [1.29, 1.82) is 0 Å². The number of halogens is 1. The minimum absolute atomic E-state index is 0.130. The predicted octanol–water partition coefficient (Wildman–Crippen LogP) is 3.22. The summed E-state index contributed by atoms with van der Waals surface area (Å²) < 4.78 is 0. The van der Waals surface area contributed by atoms with Crippen LogP contribution in [0.4, 0.5) is 0 Å². The van der Waals surface area contributed by atoms with Gasteiger partial charge in [-0.3, -0.25) is 0 Å². The highest BCUT2D eigenvalue weighted by Gasteiger charge is 2.13. The van der Waals surface area contributed by atoms with Crippen LogP contribution in [-0.2, 0) is 0 Å². The summed E-state index contributed by atoms with van der Waals surface area (Å²) in [5.74, 6) is 0. The SMILES string of the molecule is C=CC(Cl)CC(C)(C)C. The third-order valence-electron chi connectivity index (χ3n) is 1.06. The Bertz CT molecular complexity index is 89.2. The normalized spacial score (nSPS) is 15.1. The molecule has 9 heavy (non-hydrogen) atoms. The van der Waals surface area contributed by atoms with E-state index in [4.69, 9.17) is 11.6 Å². The van der Waals surface area contributed by atoms with E-state index in [0.717, 1.165) is 6.42 Å². The fourth-order valence-corrected chi connectivity index (χ4v) is 1.13. The van der Waals surface area contributed by atoms with E-state index in [1.54, 1.807) is 6.08 Å². The van der Waals surface area contributed by atoms with Crippen molar-refractivity contribution in [3.8, 4) is 0 Å². The molecule has 0 bridgehead atoms. The van der Waals surface area contributed by atoms with Crippen LogP contribution in [0.1, 0.15) is 27.2 Å². The molecule has 0 radical (unpaired) electrons. The van der Waals surface area contributed by atoms with E-state index in [0.29, 0.717) is 5.41 Å². The molecule has 0 saturated carbocycles. The molecule has 0 aromatic rings. The average Bonchev–Trinajstić information content (AvgIpc) is 1.62. The maximum atomic E-state index is 5.83. The molecule has 0 amide bonds. The molecule has 1 heteroatoms. The predicted molar refractivity (Wildman–Crippen MR) is 43.9 cm³/mol. The lowest BCUT2D eigenvalue weighted by atomic mass is 9.90. The Hall–Kier alpha value is 0.0300. The number of rotatable bonds is 2. The summed E-state index contributed by atoms with van der Waals surface area (Å²) in [4.78, 5) is 0. The molecule has 0 rings (SSSR count). The molecule has 0 heterocycles. The zero-order valence-electron chi connectivity index (χ0n) is 6.45. The van der Waals surface area contributed by atoms with Gasteiger partial charge in [0.1, 0.15) is 0 Å². The van der Waals surface area contributed by atoms with Gasteiger partial charge in [0.15, 0.2) is 0 Å². The highest BCUT2D eigenvalue weighted by molar-refractivity contribution is 6.21. The van der Waals surface area contributed by atoms with E-state index in [1.807, 2.05) is 0 Å². The topological polar surface area (TPSA) is 0 Å². The maximum absolute atomic E-state index is 5.83. The first-order chi connectivity index (χ1) is 3.95. The Morgan fingerprint density at radius 3 is 2.11 bits per heavy atom. The van der Waals surface area contributed by atoms with Crippen molar-refractivity contribution in [2.75, 3.05) is 0 Å². The summed E-state index contributed by atoms with van der Waals surface area (Å²) in [5.41, 5.74) is 0.320. The van der Waals surface area contributed by atoms with E-state index in [2.05, 4.69) is 27.4 Å². The zero-order chi connectivity index (χ0) is 7.49. The van der Waals surface area contributed by atoms with Crippen molar-refractivity contribution in [2.45, 2.75) is 32.6 Å². The van der Waals surface area contributed by atoms with Gasteiger partial charge in [0, 0.05) is 0 Å². The lowest BCUT2D eigenvalue weighted by Gasteiger charge is -2.19.